The molecule has 3 N–H and O–H groups in total. The lowest BCUT2D eigenvalue weighted by Gasteiger charge is -2.19. The highest BCUT2D eigenvalue weighted by Gasteiger charge is 2.15. The summed E-state index contributed by atoms with van der Waals surface area (Å²) in [6.07, 6.45) is 0.976. The van der Waals surface area contributed by atoms with Crippen molar-refractivity contribution in [3.05, 3.63) is 35.1 Å². The lowest BCUT2D eigenvalue weighted by Crippen LogP contribution is -2.36. The first kappa shape index (κ1) is 16.2. The Balaban J connectivity index is 2.82. The first-order valence-electron chi connectivity index (χ1n) is 6.79. The van der Waals surface area contributed by atoms with Crippen LogP contribution >= 0.6 is 0 Å². The Bertz CT molecular complexity index is 531. The molecule has 4 heteroatoms. The van der Waals surface area contributed by atoms with Gasteiger partial charge in [0.05, 0.1) is 12.1 Å². The number of halogens is 1. The SMILES string of the molecule is CCC(C)C(C)NC(=O)c1ccc(C#CCN)c(F)c1. The zero-order chi connectivity index (χ0) is 15.1. The van der Waals surface area contributed by atoms with Gasteiger partial charge in [-0.3, -0.25) is 4.79 Å². The molecular weight excluding hydrogens is 255 g/mol. The summed E-state index contributed by atoms with van der Waals surface area (Å²) >= 11 is 0. The van der Waals surface area contributed by atoms with Crippen LogP contribution in [0.15, 0.2) is 18.2 Å². The number of benzene rings is 1. The molecule has 0 bridgehead atoms. The van der Waals surface area contributed by atoms with Crippen LogP contribution in [0.3, 0.4) is 0 Å². The summed E-state index contributed by atoms with van der Waals surface area (Å²) < 4.78 is 13.8. The van der Waals surface area contributed by atoms with Crippen molar-refractivity contribution in [3.8, 4) is 11.8 Å². The number of nitrogens with two attached hydrogens (primary N) is 1. The van der Waals surface area contributed by atoms with Crippen molar-refractivity contribution >= 4 is 5.91 Å². The normalized spacial score (nSPS) is 13.1. The van der Waals surface area contributed by atoms with Gasteiger partial charge in [-0.2, -0.15) is 0 Å². The highest BCUT2D eigenvalue weighted by molar-refractivity contribution is 5.94. The van der Waals surface area contributed by atoms with Gasteiger partial charge in [0, 0.05) is 11.6 Å². The molecule has 0 radical (unpaired) electrons. The molecular formula is C16H21FN2O. The summed E-state index contributed by atoms with van der Waals surface area (Å²) in [7, 11) is 0. The highest BCUT2D eigenvalue weighted by Crippen LogP contribution is 2.11. The van der Waals surface area contributed by atoms with Crippen LogP contribution in [0.25, 0.3) is 0 Å². The number of hydrogen-bond acceptors (Lipinski definition) is 2. The van der Waals surface area contributed by atoms with Crippen LogP contribution in [-0.2, 0) is 0 Å². The number of nitrogens with one attached hydrogen (secondary N) is 1. The van der Waals surface area contributed by atoms with E-state index in [0.717, 1.165) is 6.42 Å². The highest BCUT2D eigenvalue weighted by atomic mass is 19.1. The van der Waals surface area contributed by atoms with Gasteiger partial charge in [-0.25, -0.2) is 4.39 Å². The van der Waals surface area contributed by atoms with E-state index in [-0.39, 0.29) is 24.1 Å². The summed E-state index contributed by atoms with van der Waals surface area (Å²) in [5.41, 5.74) is 5.79. The molecule has 108 valence electrons. The molecule has 1 aromatic carbocycles. The van der Waals surface area contributed by atoms with E-state index in [1.165, 1.54) is 12.1 Å². The number of amides is 1. The van der Waals surface area contributed by atoms with E-state index in [1.807, 2.05) is 6.92 Å². The van der Waals surface area contributed by atoms with Gasteiger partial charge in [0.2, 0.25) is 0 Å². The van der Waals surface area contributed by atoms with Crippen molar-refractivity contribution in [2.45, 2.75) is 33.2 Å². The molecule has 0 heterocycles. The molecule has 2 atom stereocenters. The topological polar surface area (TPSA) is 55.1 Å². The minimum atomic E-state index is -0.505. The van der Waals surface area contributed by atoms with Gasteiger partial charge in [-0.1, -0.05) is 32.1 Å². The van der Waals surface area contributed by atoms with E-state index < -0.39 is 5.82 Å². The lowest BCUT2D eigenvalue weighted by molar-refractivity contribution is 0.0927. The minimum Gasteiger partial charge on any atom is -0.349 e. The number of hydrogen-bond donors (Lipinski definition) is 2. The predicted octanol–water partition coefficient (Wildman–Crippen LogP) is 2.30. The van der Waals surface area contributed by atoms with Crippen LogP contribution in [0.1, 0.15) is 43.1 Å². The van der Waals surface area contributed by atoms with Gasteiger partial charge in [0.15, 0.2) is 0 Å². The van der Waals surface area contributed by atoms with Gasteiger partial charge in [0.1, 0.15) is 5.82 Å². The molecule has 2 unspecified atom stereocenters. The molecule has 0 aromatic heterocycles. The standard InChI is InChI=1S/C16H21FN2O/c1-4-11(2)12(3)19-16(20)14-8-7-13(6-5-9-18)15(17)10-14/h7-8,10-12H,4,9,18H2,1-3H3,(H,19,20). The third kappa shape index (κ3) is 4.36. The van der Waals surface area contributed by atoms with E-state index in [9.17, 15) is 9.18 Å². The van der Waals surface area contributed by atoms with Crippen molar-refractivity contribution in [1.29, 1.82) is 0 Å². The summed E-state index contributed by atoms with van der Waals surface area (Å²) in [6, 6.07) is 4.33. The molecule has 0 saturated carbocycles. The fourth-order valence-corrected chi connectivity index (χ4v) is 1.69. The molecule has 0 saturated heterocycles. The Hall–Kier alpha value is -1.86. The smallest absolute Gasteiger partial charge is 0.251 e. The van der Waals surface area contributed by atoms with Crippen LogP contribution in [0.5, 0.6) is 0 Å². The van der Waals surface area contributed by atoms with Crippen LogP contribution < -0.4 is 11.1 Å². The Labute approximate surface area is 119 Å². The Morgan fingerprint density at radius 2 is 2.15 bits per heavy atom. The number of carbonyl (C=O) groups is 1. The third-order valence-corrected chi connectivity index (χ3v) is 3.41. The first-order valence-corrected chi connectivity index (χ1v) is 6.79. The maximum atomic E-state index is 13.8. The quantitative estimate of drug-likeness (QED) is 0.829. The van der Waals surface area contributed by atoms with Crippen LogP contribution in [-0.4, -0.2) is 18.5 Å². The minimum absolute atomic E-state index is 0.0484. The maximum Gasteiger partial charge on any atom is 0.251 e. The number of rotatable bonds is 4. The van der Waals surface area contributed by atoms with Crippen LogP contribution in [0.4, 0.5) is 4.39 Å². The lowest BCUT2D eigenvalue weighted by atomic mass is 10.0. The molecule has 0 spiro atoms. The van der Waals surface area contributed by atoms with Crippen molar-refractivity contribution < 1.29 is 9.18 Å². The molecule has 20 heavy (non-hydrogen) atoms. The van der Waals surface area contributed by atoms with Crippen molar-refractivity contribution in [1.82, 2.24) is 5.32 Å². The van der Waals surface area contributed by atoms with E-state index in [2.05, 4.69) is 31.0 Å². The van der Waals surface area contributed by atoms with E-state index in [4.69, 9.17) is 5.73 Å². The third-order valence-electron chi connectivity index (χ3n) is 3.41. The van der Waals surface area contributed by atoms with Gasteiger partial charge >= 0.3 is 0 Å². The Morgan fingerprint density at radius 1 is 1.45 bits per heavy atom. The number of carbonyl (C=O) groups excluding carboxylic acids is 1. The van der Waals surface area contributed by atoms with E-state index in [0.29, 0.717) is 11.5 Å². The molecule has 3 nitrogen and oxygen atoms in total. The van der Waals surface area contributed by atoms with Crippen molar-refractivity contribution in [2.75, 3.05) is 6.54 Å². The first-order chi connectivity index (χ1) is 9.49. The summed E-state index contributed by atoms with van der Waals surface area (Å²) in [5.74, 6) is 4.81. The summed E-state index contributed by atoms with van der Waals surface area (Å²) in [5, 5.41) is 2.88. The maximum absolute atomic E-state index is 13.8. The fraction of sp³-hybridized carbons (Fsp3) is 0.438. The Morgan fingerprint density at radius 3 is 2.70 bits per heavy atom. The molecule has 0 fully saturated rings. The second-order valence-electron chi connectivity index (χ2n) is 4.85. The van der Waals surface area contributed by atoms with E-state index >= 15 is 0 Å². The zero-order valence-corrected chi connectivity index (χ0v) is 12.2. The van der Waals surface area contributed by atoms with Crippen molar-refractivity contribution in [2.24, 2.45) is 11.7 Å². The zero-order valence-electron chi connectivity index (χ0n) is 12.2. The van der Waals surface area contributed by atoms with Crippen LogP contribution in [0, 0.1) is 23.6 Å². The summed E-state index contributed by atoms with van der Waals surface area (Å²) in [6.45, 7) is 6.26. The van der Waals surface area contributed by atoms with Gasteiger partial charge in [0.25, 0.3) is 5.91 Å². The largest absolute Gasteiger partial charge is 0.349 e. The fourth-order valence-electron chi connectivity index (χ4n) is 1.69. The average Bonchev–Trinajstić information content (AvgIpc) is 2.44. The van der Waals surface area contributed by atoms with Gasteiger partial charge in [-0.15, -0.1) is 0 Å². The average molecular weight is 276 g/mol. The van der Waals surface area contributed by atoms with Crippen molar-refractivity contribution in [3.63, 3.8) is 0 Å². The molecule has 1 amide bonds. The van der Waals surface area contributed by atoms with Gasteiger partial charge < -0.3 is 11.1 Å². The summed E-state index contributed by atoms with van der Waals surface area (Å²) in [4.78, 5) is 12.0. The molecule has 0 aliphatic rings. The molecule has 0 aliphatic carbocycles. The second-order valence-corrected chi connectivity index (χ2v) is 4.85. The van der Waals surface area contributed by atoms with Gasteiger partial charge in [-0.05, 0) is 31.0 Å². The molecule has 0 aliphatic heterocycles. The monoisotopic (exact) mass is 276 g/mol. The second kappa shape index (κ2) is 7.66. The molecule has 1 rings (SSSR count). The Kier molecular flexibility index (Phi) is 6.20. The van der Waals surface area contributed by atoms with E-state index in [1.54, 1.807) is 6.07 Å². The van der Waals surface area contributed by atoms with Crippen LogP contribution in [0.2, 0.25) is 0 Å². The predicted molar refractivity (Wildman–Crippen MR) is 78.7 cm³/mol. The molecule has 1 aromatic rings.